The fourth-order valence-corrected chi connectivity index (χ4v) is 8.65. The van der Waals surface area contributed by atoms with Crippen molar-refractivity contribution in [1.82, 2.24) is 10.6 Å². The number of nitrogens with one attached hydrogen (secondary N) is 2. The predicted molar refractivity (Wildman–Crippen MR) is 132 cm³/mol. The normalized spacial score (nSPS) is 35.1. The van der Waals surface area contributed by atoms with E-state index in [1.54, 1.807) is 6.92 Å². The third-order valence-corrected chi connectivity index (χ3v) is 10.8. The van der Waals surface area contributed by atoms with E-state index in [1.165, 1.54) is 11.4 Å². The van der Waals surface area contributed by atoms with Crippen LogP contribution in [0.15, 0.2) is 36.4 Å². The maximum absolute atomic E-state index is 14.4. The molecule has 3 saturated carbocycles. The molecule has 3 fully saturated rings. The van der Waals surface area contributed by atoms with Crippen LogP contribution < -0.4 is 10.6 Å². The van der Waals surface area contributed by atoms with Gasteiger partial charge in [0.15, 0.2) is 0 Å². The number of benzene rings is 1. The van der Waals surface area contributed by atoms with E-state index < -0.39 is 52.4 Å². The highest BCUT2D eigenvalue weighted by Gasteiger charge is 2.73. The van der Waals surface area contributed by atoms with E-state index in [0.29, 0.717) is 32.1 Å². The van der Waals surface area contributed by atoms with Crippen LogP contribution in [0, 0.1) is 34.5 Å². The van der Waals surface area contributed by atoms with Gasteiger partial charge in [0.1, 0.15) is 0 Å². The molecule has 1 aliphatic heterocycles. The van der Waals surface area contributed by atoms with E-state index in [1.807, 2.05) is 6.08 Å². The molecule has 2 amide bonds. The molecule has 0 spiro atoms. The molecule has 0 radical (unpaired) electrons. The predicted octanol–water partition coefficient (Wildman–Crippen LogP) is 7.05. The van der Waals surface area contributed by atoms with Crippen molar-refractivity contribution in [1.29, 1.82) is 0 Å². The van der Waals surface area contributed by atoms with Crippen LogP contribution >= 0.6 is 0 Å². The zero-order chi connectivity index (χ0) is 31.1. The standard InChI is InChI=1S/C29H31F9N2O2/c1-24-13-11-19-17(7-10-21-25(19,2)14-12-22(41)39-21)18(24)8-9-20(24)23(42)40-26(28(33,34)35,29(36,37)38)15-3-5-16(6-4-15)27(30,31)32/h3-6,12,14,17-21H,7-11,13H2,1-2H3,(H,39,41)(H,40,42)/t17-,18-,19+,20?,21?,24-,25+/m0/s1. The fraction of sp³-hybridized carbons (Fsp3) is 0.655. The first-order valence-electron chi connectivity index (χ1n) is 13.9. The molecule has 42 heavy (non-hydrogen) atoms. The molecule has 1 aromatic carbocycles. The SMILES string of the molecule is C[C@]12C=CC(=O)NC1CC[C@@H]1[C@H]2CC[C@]2(C)C(C(=O)NC(c3ccc(C(F)(F)F)cc3)(C(F)(F)F)C(F)(F)F)CC[C@@H]12. The molecule has 4 nitrogen and oxygen atoms in total. The topological polar surface area (TPSA) is 58.2 Å². The lowest BCUT2D eigenvalue weighted by Gasteiger charge is -2.58. The van der Waals surface area contributed by atoms with E-state index in [4.69, 9.17) is 0 Å². The number of fused-ring (bicyclic) bond motifs is 5. The van der Waals surface area contributed by atoms with Crippen molar-refractivity contribution < 1.29 is 49.1 Å². The minimum Gasteiger partial charge on any atom is -0.349 e. The van der Waals surface area contributed by atoms with Gasteiger partial charge < -0.3 is 10.6 Å². The summed E-state index contributed by atoms with van der Waals surface area (Å²) in [6, 6.07) is 0.430. The van der Waals surface area contributed by atoms with Crippen LogP contribution in [0.2, 0.25) is 0 Å². The molecular formula is C29H31F9N2O2. The number of carbonyl (C=O) groups excluding carboxylic acids is 2. The van der Waals surface area contributed by atoms with Crippen LogP contribution in [-0.2, 0) is 21.3 Å². The number of rotatable bonds is 3. The maximum Gasteiger partial charge on any atom is 0.424 e. The molecule has 2 unspecified atom stereocenters. The van der Waals surface area contributed by atoms with Crippen LogP contribution in [0.5, 0.6) is 0 Å². The second kappa shape index (κ2) is 9.64. The highest BCUT2D eigenvalue weighted by Crippen LogP contribution is 2.65. The quantitative estimate of drug-likeness (QED) is 0.361. The van der Waals surface area contributed by atoms with E-state index in [2.05, 4.69) is 12.2 Å². The molecule has 1 aromatic rings. The summed E-state index contributed by atoms with van der Waals surface area (Å²) in [7, 11) is 0. The molecule has 0 saturated heterocycles. The Labute approximate surface area is 236 Å². The van der Waals surface area contributed by atoms with Crippen molar-refractivity contribution in [2.45, 2.75) is 82.5 Å². The highest BCUT2D eigenvalue weighted by atomic mass is 19.4. The number of hydrogen-bond acceptors (Lipinski definition) is 2. The Kier molecular flexibility index (Phi) is 7.05. The summed E-state index contributed by atoms with van der Waals surface area (Å²) in [5.41, 5.74) is -9.11. The molecule has 13 heteroatoms. The molecule has 1 heterocycles. The molecule has 0 aromatic heterocycles. The number of carbonyl (C=O) groups is 2. The van der Waals surface area contributed by atoms with Crippen LogP contribution in [0.3, 0.4) is 0 Å². The van der Waals surface area contributed by atoms with Crippen molar-refractivity contribution in [2.75, 3.05) is 0 Å². The average Bonchev–Trinajstić information content (AvgIpc) is 3.23. The van der Waals surface area contributed by atoms with Crippen LogP contribution in [0.25, 0.3) is 0 Å². The van der Waals surface area contributed by atoms with Crippen molar-refractivity contribution in [3.8, 4) is 0 Å². The first-order valence-corrected chi connectivity index (χ1v) is 13.9. The Morgan fingerprint density at radius 1 is 0.833 bits per heavy atom. The smallest absolute Gasteiger partial charge is 0.349 e. The van der Waals surface area contributed by atoms with E-state index in [9.17, 15) is 49.1 Å². The van der Waals surface area contributed by atoms with Gasteiger partial charge in [0.2, 0.25) is 11.8 Å². The van der Waals surface area contributed by atoms with Crippen molar-refractivity contribution in [2.24, 2.45) is 34.5 Å². The lowest BCUT2D eigenvalue weighted by atomic mass is 9.48. The van der Waals surface area contributed by atoms with Gasteiger partial charge in [-0.15, -0.1) is 0 Å². The molecular weight excluding hydrogens is 579 g/mol. The summed E-state index contributed by atoms with van der Waals surface area (Å²) in [5.74, 6) is -2.71. The molecule has 3 aliphatic carbocycles. The number of alkyl halides is 9. The number of hydrogen-bond donors (Lipinski definition) is 2. The monoisotopic (exact) mass is 610 g/mol. The Hall–Kier alpha value is -2.73. The summed E-state index contributed by atoms with van der Waals surface area (Å²) in [6.07, 6.45) is -10.9. The fourth-order valence-electron chi connectivity index (χ4n) is 8.65. The molecule has 232 valence electrons. The van der Waals surface area contributed by atoms with Gasteiger partial charge in [-0.1, -0.05) is 32.1 Å². The Bertz CT molecular complexity index is 1260. The lowest BCUT2D eigenvalue weighted by molar-refractivity contribution is -0.312. The second-order valence-corrected chi connectivity index (χ2v) is 12.7. The summed E-state index contributed by atoms with van der Waals surface area (Å²) in [4.78, 5) is 25.5. The Morgan fingerprint density at radius 3 is 2.00 bits per heavy atom. The van der Waals surface area contributed by atoms with Gasteiger partial charge in [0, 0.05) is 17.4 Å². The van der Waals surface area contributed by atoms with Gasteiger partial charge >= 0.3 is 18.5 Å². The lowest BCUT2D eigenvalue weighted by Crippen LogP contribution is -2.66. The number of amides is 2. The number of halogens is 9. The average molecular weight is 611 g/mol. The third-order valence-electron chi connectivity index (χ3n) is 10.8. The molecule has 5 rings (SSSR count). The molecule has 0 bridgehead atoms. The van der Waals surface area contributed by atoms with E-state index in [0.717, 1.165) is 0 Å². The Balaban J connectivity index is 1.46. The van der Waals surface area contributed by atoms with Gasteiger partial charge in [0.25, 0.3) is 5.54 Å². The van der Waals surface area contributed by atoms with Crippen LogP contribution in [0.1, 0.15) is 63.5 Å². The summed E-state index contributed by atoms with van der Waals surface area (Å²) < 4.78 is 126. The summed E-state index contributed by atoms with van der Waals surface area (Å²) >= 11 is 0. The van der Waals surface area contributed by atoms with E-state index >= 15 is 0 Å². The first-order chi connectivity index (χ1) is 19.3. The molecule has 7 atom stereocenters. The summed E-state index contributed by atoms with van der Waals surface area (Å²) in [6.45, 7) is 3.80. The van der Waals surface area contributed by atoms with Gasteiger partial charge in [-0.25, -0.2) is 0 Å². The maximum atomic E-state index is 14.4. The Morgan fingerprint density at radius 2 is 1.43 bits per heavy atom. The first kappa shape index (κ1) is 30.7. The van der Waals surface area contributed by atoms with Crippen molar-refractivity contribution >= 4 is 11.8 Å². The van der Waals surface area contributed by atoms with Gasteiger partial charge in [-0.3, -0.25) is 9.59 Å². The molecule has 2 N–H and O–H groups in total. The summed E-state index contributed by atoms with van der Waals surface area (Å²) in [5, 5.41) is 4.29. The zero-order valence-corrected chi connectivity index (χ0v) is 22.8. The van der Waals surface area contributed by atoms with Crippen LogP contribution in [-0.4, -0.2) is 30.2 Å². The minimum absolute atomic E-state index is 0.0624. The largest absolute Gasteiger partial charge is 0.424 e. The van der Waals surface area contributed by atoms with Crippen molar-refractivity contribution in [3.05, 3.63) is 47.5 Å². The highest BCUT2D eigenvalue weighted by molar-refractivity contribution is 5.89. The van der Waals surface area contributed by atoms with Crippen molar-refractivity contribution in [3.63, 3.8) is 0 Å². The van der Waals surface area contributed by atoms with Gasteiger partial charge in [-0.2, -0.15) is 39.5 Å². The second-order valence-electron chi connectivity index (χ2n) is 12.7. The molecule has 4 aliphatic rings. The van der Waals surface area contributed by atoms with Gasteiger partial charge in [0.05, 0.1) is 5.56 Å². The van der Waals surface area contributed by atoms with Gasteiger partial charge in [-0.05, 0) is 85.5 Å². The third kappa shape index (κ3) is 4.51. The zero-order valence-electron chi connectivity index (χ0n) is 22.8. The van der Waals surface area contributed by atoms with Crippen LogP contribution in [0.4, 0.5) is 39.5 Å². The van der Waals surface area contributed by atoms with E-state index in [-0.39, 0.29) is 65.8 Å². The minimum atomic E-state index is -6.11.